The molecule has 1 aliphatic rings. The third-order valence-electron chi connectivity index (χ3n) is 4.62. The van der Waals surface area contributed by atoms with Crippen LogP contribution in [0.1, 0.15) is 56.7 Å². The van der Waals surface area contributed by atoms with Crippen molar-refractivity contribution in [2.75, 3.05) is 13.1 Å². The van der Waals surface area contributed by atoms with Crippen LogP contribution in [-0.2, 0) is 0 Å². The van der Waals surface area contributed by atoms with E-state index in [4.69, 9.17) is 5.73 Å². The predicted octanol–water partition coefficient (Wildman–Crippen LogP) is 3.65. The molecule has 0 saturated carbocycles. The van der Waals surface area contributed by atoms with Gasteiger partial charge in [-0.3, -0.25) is 4.90 Å². The summed E-state index contributed by atoms with van der Waals surface area (Å²) in [4.78, 5) is 2.59. The molecular formula is C17H28N2. The van der Waals surface area contributed by atoms with Crippen LogP contribution in [0.5, 0.6) is 0 Å². The maximum atomic E-state index is 6.56. The number of nitrogens with two attached hydrogens (primary N) is 1. The van der Waals surface area contributed by atoms with Gasteiger partial charge in [-0.15, -0.1) is 0 Å². The number of benzene rings is 1. The first-order valence-corrected chi connectivity index (χ1v) is 7.59. The van der Waals surface area contributed by atoms with Gasteiger partial charge in [0.25, 0.3) is 0 Å². The van der Waals surface area contributed by atoms with Crippen LogP contribution in [0.25, 0.3) is 0 Å². The van der Waals surface area contributed by atoms with E-state index in [1.54, 1.807) is 0 Å². The summed E-state index contributed by atoms with van der Waals surface area (Å²) in [7, 11) is 0. The van der Waals surface area contributed by atoms with Crippen molar-refractivity contribution in [3.8, 4) is 0 Å². The zero-order chi connectivity index (χ0) is 13.9. The van der Waals surface area contributed by atoms with Crippen molar-refractivity contribution in [3.05, 3.63) is 35.4 Å². The van der Waals surface area contributed by atoms with Gasteiger partial charge in [0.05, 0.1) is 0 Å². The Bertz CT molecular complexity index is 386. The van der Waals surface area contributed by atoms with E-state index in [9.17, 15) is 0 Å². The van der Waals surface area contributed by atoms with E-state index in [1.165, 1.54) is 49.9 Å². The van der Waals surface area contributed by atoms with Crippen molar-refractivity contribution in [2.24, 2.45) is 5.73 Å². The maximum Gasteiger partial charge on any atom is 0.0476 e. The van der Waals surface area contributed by atoms with E-state index in [0.29, 0.717) is 0 Å². The molecule has 1 saturated heterocycles. The van der Waals surface area contributed by atoms with Gasteiger partial charge in [-0.1, -0.05) is 42.7 Å². The maximum absolute atomic E-state index is 6.56. The quantitative estimate of drug-likeness (QED) is 0.899. The molecule has 2 nitrogen and oxygen atoms in total. The third kappa shape index (κ3) is 3.37. The molecule has 1 unspecified atom stereocenters. The fraction of sp³-hybridized carbons (Fsp3) is 0.647. The zero-order valence-electron chi connectivity index (χ0n) is 12.7. The minimum Gasteiger partial charge on any atom is -0.322 e. The van der Waals surface area contributed by atoms with Gasteiger partial charge >= 0.3 is 0 Å². The van der Waals surface area contributed by atoms with E-state index in [0.717, 1.165) is 0 Å². The van der Waals surface area contributed by atoms with Gasteiger partial charge < -0.3 is 5.73 Å². The molecule has 2 rings (SSSR count). The lowest BCUT2D eigenvalue weighted by Crippen LogP contribution is -2.51. The highest BCUT2D eigenvalue weighted by molar-refractivity contribution is 5.26. The van der Waals surface area contributed by atoms with E-state index in [1.807, 2.05) is 0 Å². The standard InChI is InChI=1S/C17H28N2/c1-14-8-10-15(11-9-14)16(18)17(2,3)19-12-6-4-5-7-13-19/h8-11,16H,4-7,12-13,18H2,1-3H3. The van der Waals surface area contributed by atoms with E-state index < -0.39 is 0 Å². The second-order valence-corrected chi connectivity index (χ2v) is 6.44. The molecule has 1 aromatic carbocycles. The Kier molecular flexibility index (Phi) is 4.64. The summed E-state index contributed by atoms with van der Waals surface area (Å²) in [6.45, 7) is 9.08. The number of rotatable bonds is 3. The van der Waals surface area contributed by atoms with E-state index >= 15 is 0 Å². The Labute approximate surface area is 118 Å². The van der Waals surface area contributed by atoms with Gasteiger partial charge in [0, 0.05) is 11.6 Å². The van der Waals surface area contributed by atoms with Crippen LogP contribution in [0.3, 0.4) is 0 Å². The van der Waals surface area contributed by atoms with Crippen LogP contribution < -0.4 is 5.73 Å². The minimum atomic E-state index is 0.0274. The van der Waals surface area contributed by atoms with Crippen molar-refractivity contribution in [3.63, 3.8) is 0 Å². The average Bonchev–Trinajstić information content (AvgIpc) is 2.68. The van der Waals surface area contributed by atoms with E-state index in [2.05, 4.69) is 49.9 Å². The molecule has 0 amide bonds. The monoisotopic (exact) mass is 260 g/mol. The topological polar surface area (TPSA) is 29.3 Å². The molecule has 0 bridgehead atoms. The first kappa shape index (κ1) is 14.5. The highest BCUT2D eigenvalue weighted by Gasteiger charge is 2.34. The fourth-order valence-electron chi connectivity index (χ4n) is 3.03. The van der Waals surface area contributed by atoms with Crippen molar-refractivity contribution in [2.45, 2.75) is 58.0 Å². The summed E-state index contributed by atoms with van der Waals surface area (Å²) in [5, 5.41) is 0. The van der Waals surface area contributed by atoms with Gasteiger partial charge in [0.1, 0.15) is 0 Å². The number of likely N-dealkylation sites (tertiary alicyclic amines) is 1. The Morgan fingerprint density at radius 2 is 1.53 bits per heavy atom. The van der Waals surface area contributed by atoms with Gasteiger partial charge in [0.15, 0.2) is 0 Å². The highest BCUT2D eigenvalue weighted by Crippen LogP contribution is 2.31. The largest absolute Gasteiger partial charge is 0.322 e. The molecule has 1 heterocycles. The first-order valence-electron chi connectivity index (χ1n) is 7.59. The molecule has 0 aromatic heterocycles. The molecule has 1 aromatic rings. The zero-order valence-corrected chi connectivity index (χ0v) is 12.7. The van der Waals surface area contributed by atoms with Crippen LogP contribution in [0.4, 0.5) is 0 Å². The lowest BCUT2D eigenvalue weighted by atomic mass is 9.87. The Balaban J connectivity index is 2.14. The molecule has 0 aliphatic carbocycles. The second-order valence-electron chi connectivity index (χ2n) is 6.44. The molecule has 19 heavy (non-hydrogen) atoms. The lowest BCUT2D eigenvalue weighted by molar-refractivity contribution is 0.0980. The molecule has 1 aliphatic heterocycles. The Hall–Kier alpha value is -0.860. The summed E-state index contributed by atoms with van der Waals surface area (Å²) in [5.41, 5.74) is 9.14. The van der Waals surface area contributed by atoms with Gasteiger partial charge in [0.2, 0.25) is 0 Å². The first-order chi connectivity index (χ1) is 9.01. The SMILES string of the molecule is Cc1ccc(C(N)C(C)(C)N2CCCCCC2)cc1. The molecule has 1 atom stereocenters. The van der Waals surface area contributed by atoms with E-state index in [-0.39, 0.29) is 11.6 Å². The molecule has 0 radical (unpaired) electrons. The number of hydrogen-bond acceptors (Lipinski definition) is 2. The van der Waals surface area contributed by atoms with Crippen LogP contribution in [0.2, 0.25) is 0 Å². The van der Waals surface area contributed by atoms with Crippen LogP contribution in [0, 0.1) is 6.92 Å². The van der Waals surface area contributed by atoms with Gasteiger partial charge in [-0.2, -0.15) is 0 Å². The Morgan fingerprint density at radius 1 is 1.00 bits per heavy atom. The number of aryl methyl sites for hydroxylation is 1. The van der Waals surface area contributed by atoms with Gasteiger partial charge in [-0.25, -0.2) is 0 Å². The lowest BCUT2D eigenvalue weighted by Gasteiger charge is -2.42. The van der Waals surface area contributed by atoms with Crippen molar-refractivity contribution in [1.82, 2.24) is 4.90 Å². The average molecular weight is 260 g/mol. The van der Waals surface area contributed by atoms with Crippen molar-refractivity contribution < 1.29 is 0 Å². The number of nitrogens with zero attached hydrogens (tertiary/aromatic N) is 1. The molecule has 106 valence electrons. The minimum absolute atomic E-state index is 0.0274. The van der Waals surface area contributed by atoms with Gasteiger partial charge in [-0.05, 0) is 52.3 Å². The summed E-state index contributed by atoms with van der Waals surface area (Å²) in [5.74, 6) is 0. The molecule has 2 N–H and O–H groups in total. The van der Waals surface area contributed by atoms with Crippen molar-refractivity contribution >= 4 is 0 Å². The highest BCUT2D eigenvalue weighted by atomic mass is 15.2. The second kappa shape index (κ2) is 6.06. The normalized spacial score (nSPS) is 20.0. The van der Waals surface area contributed by atoms with Crippen molar-refractivity contribution in [1.29, 1.82) is 0 Å². The smallest absolute Gasteiger partial charge is 0.0476 e. The third-order valence-corrected chi connectivity index (χ3v) is 4.62. The summed E-state index contributed by atoms with van der Waals surface area (Å²) < 4.78 is 0. The Morgan fingerprint density at radius 3 is 2.05 bits per heavy atom. The summed E-state index contributed by atoms with van der Waals surface area (Å²) >= 11 is 0. The summed E-state index contributed by atoms with van der Waals surface area (Å²) in [6, 6.07) is 8.76. The molecule has 0 spiro atoms. The number of hydrogen-bond donors (Lipinski definition) is 1. The summed E-state index contributed by atoms with van der Waals surface area (Å²) in [6.07, 6.45) is 5.35. The van der Waals surface area contributed by atoms with Crippen LogP contribution in [0.15, 0.2) is 24.3 Å². The molecular weight excluding hydrogens is 232 g/mol. The fourth-order valence-corrected chi connectivity index (χ4v) is 3.03. The molecule has 1 fully saturated rings. The molecule has 2 heteroatoms. The van der Waals surface area contributed by atoms with Crippen LogP contribution >= 0.6 is 0 Å². The van der Waals surface area contributed by atoms with Crippen LogP contribution in [-0.4, -0.2) is 23.5 Å². The predicted molar refractivity (Wildman–Crippen MR) is 82.2 cm³/mol.